The normalized spacial score (nSPS) is 13.6. The molecule has 1 fully saturated rings. The number of hydrogen-bond acceptors (Lipinski definition) is 4. The predicted octanol–water partition coefficient (Wildman–Crippen LogP) is 3.24. The van der Waals surface area contributed by atoms with Crippen molar-refractivity contribution in [3.05, 3.63) is 54.1 Å². The molecule has 0 unspecified atom stereocenters. The van der Waals surface area contributed by atoms with E-state index >= 15 is 0 Å². The minimum atomic E-state index is -0.266. The largest absolute Gasteiger partial charge is 0.382 e. The van der Waals surface area contributed by atoms with Gasteiger partial charge in [-0.3, -0.25) is 15.0 Å². The lowest BCUT2D eigenvalue weighted by Gasteiger charge is -2.15. The number of fused-ring (bicyclic) bond motifs is 1. The van der Waals surface area contributed by atoms with Crippen LogP contribution in [-0.4, -0.2) is 47.8 Å². The van der Waals surface area contributed by atoms with Gasteiger partial charge in [-0.1, -0.05) is 18.2 Å². The van der Waals surface area contributed by atoms with Crippen LogP contribution in [0.4, 0.5) is 16.4 Å². The predicted molar refractivity (Wildman–Crippen MR) is 116 cm³/mol. The molecule has 2 N–H and O–H groups in total. The number of ether oxygens (including phenoxy) is 1. The van der Waals surface area contributed by atoms with Crippen LogP contribution in [0, 0.1) is 0 Å². The summed E-state index contributed by atoms with van der Waals surface area (Å²) in [7, 11) is 0. The number of aromatic nitrogens is 2. The number of aryl methyl sites for hydroxylation is 1. The van der Waals surface area contributed by atoms with Crippen LogP contribution in [0.3, 0.4) is 0 Å². The number of benzene rings is 2. The Hall–Kier alpha value is -3.39. The van der Waals surface area contributed by atoms with Gasteiger partial charge in [0, 0.05) is 44.1 Å². The first-order valence-corrected chi connectivity index (χ1v) is 10.2. The van der Waals surface area contributed by atoms with Crippen LogP contribution in [0.1, 0.15) is 23.7 Å². The maximum Gasteiger partial charge on any atom is 0.321 e. The van der Waals surface area contributed by atoms with E-state index in [4.69, 9.17) is 4.74 Å². The van der Waals surface area contributed by atoms with Crippen molar-refractivity contribution in [2.45, 2.75) is 19.9 Å². The van der Waals surface area contributed by atoms with Crippen molar-refractivity contribution in [1.82, 2.24) is 14.9 Å². The van der Waals surface area contributed by atoms with Gasteiger partial charge in [0.15, 0.2) is 0 Å². The van der Waals surface area contributed by atoms with E-state index in [1.807, 2.05) is 41.8 Å². The highest BCUT2D eigenvalue weighted by Gasteiger charge is 2.22. The third-order valence-electron chi connectivity index (χ3n) is 5.03. The molecule has 0 atom stereocenters. The molecule has 3 amide bonds. The lowest BCUT2D eigenvalue weighted by Crippen LogP contribution is -2.28. The molecule has 1 aromatic heterocycles. The van der Waals surface area contributed by atoms with Crippen molar-refractivity contribution >= 4 is 34.6 Å². The van der Waals surface area contributed by atoms with Gasteiger partial charge in [0.05, 0.1) is 11.0 Å². The van der Waals surface area contributed by atoms with E-state index in [0.717, 1.165) is 17.5 Å². The summed E-state index contributed by atoms with van der Waals surface area (Å²) in [4.78, 5) is 31.1. The fourth-order valence-corrected chi connectivity index (χ4v) is 3.57. The molecule has 0 saturated carbocycles. The van der Waals surface area contributed by atoms with Gasteiger partial charge in [-0.2, -0.15) is 0 Å². The Morgan fingerprint density at radius 3 is 2.90 bits per heavy atom. The zero-order valence-electron chi connectivity index (χ0n) is 16.9. The second-order valence-electron chi connectivity index (χ2n) is 7.01. The Balaban J connectivity index is 1.56. The summed E-state index contributed by atoms with van der Waals surface area (Å²) in [5, 5.41) is 5.71. The molecule has 8 nitrogen and oxygen atoms in total. The summed E-state index contributed by atoms with van der Waals surface area (Å²) >= 11 is 0. The van der Waals surface area contributed by atoms with Gasteiger partial charge in [-0.05, 0) is 43.7 Å². The number of nitrogens with one attached hydrogen (secondary N) is 2. The van der Waals surface area contributed by atoms with Crippen LogP contribution >= 0.6 is 0 Å². The van der Waals surface area contributed by atoms with Gasteiger partial charge >= 0.3 is 6.03 Å². The van der Waals surface area contributed by atoms with Crippen LogP contribution in [0.2, 0.25) is 0 Å². The highest BCUT2D eigenvalue weighted by atomic mass is 16.5. The van der Waals surface area contributed by atoms with Gasteiger partial charge in [-0.15, -0.1) is 0 Å². The second-order valence-corrected chi connectivity index (χ2v) is 7.01. The zero-order chi connectivity index (χ0) is 20.9. The number of hydrogen-bond donors (Lipinski definition) is 2. The van der Waals surface area contributed by atoms with E-state index in [1.54, 1.807) is 23.1 Å². The molecule has 0 aliphatic carbocycles. The standard InChI is InChI=1S/C22H25N5O3/c1-2-30-14-6-12-27-19-10-4-3-9-18(19)24-21(27)25-20(28)16-7-5-8-17(15-16)26-13-11-23-22(26)29/h3-5,7-10,15H,2,6,11-14H2,1H3,(H,23,29)(H,24,25,28). The first kappa shape index (κ1) is 19.9. The molecule has 2 aromatic carbocycles. The Morgan fingerprint density at radius 1 is 1.23 bits per heavy atom. The first-order chi connectivity index (χ1) is 14.7. The smallest absolute Gasteiger partial charge is 0.321 e. The Bertz CT molecular complexity index is 1060. The van der Waals surface area contributed by atoms with Gasteiger partial charge in [-0.25, -0.2) is 9.78 Å². The lowest BCUT2D eigenvalue weighted by atomic mass is 10.2. The highest BCUT2D eigenvalue weighted by molar-refractivity contribution is 6.05. The highest BCUT2D eigenvalue weighted by Crippen LogP contribution is 2.22. The van der Waals surface area contributed by atoms with E-state index in [2.05, 4.69) is 15.6 Å². The number of amides is 3. The minimum absolute atomic E-state index is 0.149. The summed E-state index contributed by atoms with van der Waals surface area (Å²) < 4.78 is 7.45. The first-order valence-electron chi connectivity index (χ1n) is 10.2. The lowest BCUT2D eigenvalue weighted by molar-refractivity contribution is 0.102. The van der Waals surface area contributed by atoms with E-state index in [9.17, 15) is 9.59 Å². The monoisotopic (exact) mass is 407 g/mol. The number of urea groups is 1. The fraction of sp³-hybridized carbons (Fsp3) is 0.318. The van der Waals surface area contributed by atoms with Gasteiger partial charge in [0.1, 0.15) is 0 Å². The third kappa shape index (κ3) is 4.13. The Kier molecular flexibility index (Phi) is 5.94. The van der Waals surface area contributed by atoms with Crippen molar-refractivity contribution in [2.24, 2.45) is 0 Å². The number of anilines is 2. The van der Waals surface area contributed by atoms with Crippen molar-refractivity contribution < 1.29 is 14.3 Å². The number of carbonyl (C=O) groups is 2. The second kappa shape index (κ2) is 8.96. The molecule has 8 heteroatoms. The average Bonchev–Trinajstić information content (AvgIpc) is 3.34. The maximum atomic E-state index is 13.0. The van der Waals surface area contributed by atoms with Crippen molar-refractivity contribution in [2.75, 3.05) is 36.5 Å². The molecule has 3 aromatic rings. The van der Waals surface area contributed by atoms with Gasteiger partial charge in [0.25, 0.3) is 5.91 Å². The van der Waals surface area contributed by atoms with Crippen molar-refractivity contribution in [3.8, 4) is 0 Å². The number of nitrogens with zero attached hydrogens (tertiary/aromatic N) is 3. The molecule has 2 heterocycles. The van der Waals surface area contributed by atoms with Crippen molar-refractivity contribution in [3.63, 3.8) is 0 Å². The Labute approximate surface area is 174 Å². The van der Waals surface area contributed by atoms with Crippen LogP contribution in [-0.2, 0) is 11.3 Å². The quantitative estimate of drug-likeness (QED) is 0.561. The number of imidazole rings is 1. The van der Waals surface area contributed by atoms with Gasteiger partial charge < -0.3 is 14.6 Å². The molecule has 0 radical (unpaired) electrons. The molecule has 156 valence electrons. The summed E-state index contributed by atoms with van der Waals surface area (Å²) in [5.41, 5.74) is 2.96. The summed E-state index contributed by atoms with van der Waals surface area (Å²) in [6, 6.07) is 14.7. The van der Waals surface area contributed by atoms with Gasteiger partial charge in [0.2, 0.25) is 5.95 Å². The van der Waals surface area contributed by atoms with E-state index < -0.39 is 0 Å². The number of carbonyl (C=O) groups excluding carboxylic acids is 2. The number of rotatable bonds is 8. The molecular weight excluding hydrogens is 382 g/mol. The summed E-state index contributed by atoms with van der Waals surface area (Å²) in [6.07, 6.45) is 0.816. The summed E-state index contributed by atoms with van der Waals surface area (Å²) in [6.45, 7) is 5.17. The van der Waals surface area contributed by atoms with E-state index in [1.165, 1.54) is 0 Å². The molecule has 1 aliphatic rings. The van der Waals surface area contributed by atoms with Crippen LogP contribution in [0.25, 0.3) is 11.0 Å². The topological polar surface area (TPSA) is 88.5 Å². The zero-order valence-corrected chi connectivity index (χ0v) is 16.9. The molecule has 30 heavy (non-hydrogen) atoms. The molecular formula is C22H25N5O3. The van der Waals surface area contributed by atoms with Crippen LogP contribution < -0.4 is 15.5 Å². The van der Waals surface area contributed by atoms with Crippen molar-refractivity contribution in [1.29, 1.82) is 0 Å². The molecule has 1 saturated heterocycles. The van der Waals surface area contributed by atoms with E-state index in [0.29, 0.717) is 50.0 Å². The fourth-order valence-electron chi connectivity index (χ4n) is 3.57. The SMILES string of the molecule is CCOCCCn1c(NC(=O)c2cccc(N3CCNC3=O)c2)nc2ccccc21. The molecule has 4 rings (SSSR count). The molecule has 0 spiro atoms. The Morgan fingerprint density at radius 2 is 2.10 bits per heavy atom. The molecule has 1 aliphatic heterocycles. The summed E-state index contributed by atoms with van der Waals surface area (Å²) in [5.74, 6) is 0.236. The third-order valence-corrected chi connectivity index (χ3v) is 5.03. The molecule has 0 bridgehead atoms. The minimum Gasteiger partial charge on any atom is -0.382 e. The van der Waals surface area contributed by atoms with E-state index in [-0.39, 0.29) is 11.9 Å². The van der Waals surface area contributed by atoms with Crippen LogP contribution in [0.5, 0.6) is 0 Å². The van der Waals surface area contributed by atoms with Crippen LogP contribution in [0.15, 0.2) is 48.5 Å². The number of para-hydroxylation sites is 2. The average molecular weight is 407 g/mol. The maximum absolute atomic E-state index is 13.0.